The van der Waals surface area contributed by atoms with E-state index in [0.717, 1.165) is 11.1 Å². The highest BCUT2D eigenvalue weighted by Crippen LogP contribution is 2.42. The van der Waals surface area contributed by atoms with Crippen LogP contribution in [0, 0.1) is 19.7 Å². The zero-order valence-electron chi connectivity index (χ0n) is 24.3. The van der Waals surface area contributed by atoms with Crippen LogP contribution in [0.4, 0.5) is 4.39 Å². The maximum Gasteiger partial charge on any atom is 0.255 e. The molecule has 0 bridgehead atoms. The normalized spacial score (nSPS) is 17.8. The zero-order valence-corrected chi connectivity index (χ0v) is 24.3. The van der Waals surface area contributed by atoms with Gasteiger partial charge in [0.2, 0.25) is 0 Å². The fraction of sp³-hybridized carbons (Fsp3) is 0.235. The lowest BCUT2D eigenvalue weighted by atomic mass is 9.73. The summed E-state index contributed by atoms with van der Waals surface area (Å²) >= 11 is 0. The number of nitrogens with zero attached hydrogens (tertiary/aromatic N) is 2. The molecule has 2 amide bonds. The molecule has 1 aliphatic rings. The standard InChI is InChI=1S/C34H31FN4O4/c1-19-6-9-21(10-7-19)30-28(32(41)36-3)27-26(43-30)13-12-24(29(27)35)25-16-22(11-8-20(25)2)31(40)39-34(17-23(18-34)42-4)33-37-14-5-15-38-33/h5-16,23H,17-18H2,1-4H3,(H,36,41)(H,39,40). The van der Waals surface area contributed by atoms with Gasteiger partial charge in [0.05, 0.1) is 17.1 Å². The van der Waals surface area contributed by atoms with Gasteiger partial charge in [-0.25, -0.2) is 14.4 Å². The molecule has 6 rings (SSSR count). The van der Waals surface area contributed by atoms with Crippen molar-refractivity contribution in [1.82, 2.24) is 20.6 Å². The third-order valence-corrected chi connectivity index (χ3v) is 8.18. The zero-order chi connectivity index (χ0) is 30.3. The molecule has 1 fully saturated rings. The summed E-state index contributed by atoms with van der Waals surface area (Å²) in [5.41, 5.74) is 3.23. The molecule has 0 unspecified atom stereocenters. The Kier molecular flexibility index (Phi) is 7.27. The van der Waals surface area contributed by atoms with Crippen LogP contribution >= 0.6 is 0 Å². The second kappa shape index (κ2) is 11.1. The molecule has 0 radical (unpaired) electrons. The second-order valence-corrected chi connectivity index (χ2v) is 11.0. The minimum absolute atomic E-state index is 0.0206. The smallest absolute Gasteiger partial charge is 0.255 e. The van der Waals surface area contributed by atoms with E-state index in [1.54, 1.807) is 55.9 Å². The Labute approximate surface area is 248 Å². The van der Waals surface area contributed by atoms with Crippen LogP contribution in [-0.4, -0.2) is 42.0 Å². The molecule has 43 heavy (non-hydrogen) atoms. The number of ether oxygens (including phenoxy) is 1. The van der Waals surface area contributed by atoms with E-state index in [-0.39, 0.29) is 34.1 Å². The third-order valence-electron chi connectivity index (χ3n) is 8.18. The van der Waals surface area contributed by atoms with E-state index in [4.69, 9.17) is 9.15 Å². The lowest BCUT2D eigenvalue weighted by Gasteiger charge is -2.45. The SMILES string of the molecule is CNC(=O)c1c(-c2ccc(C)cc2)oc2ccc(-c3cc(C(=O)NC4(c5ncccn5)CC(OC)C4)ccc3C)c(F)c12. The van der Waals surface area contributed by atoms with Gasteiger partial charge in [0.15, 0.2) is 5.82 Å². The summed E-state index contributed by atoms with van der Waals surface area (Å²) in [5, 5.41) is 5.82. The Balaban J connectivity index is 1.41. The predicted molar refractivity (Wildman–Crippen MR) is 161 cm³/mol. The summed E-state index contributed by atoms with van der Waals surface area (Å²) in [5.74, 6) is -0.584. The fourth-order valence-electron chi connectivity index (χ4n) is 5.72. The number of rotatable bonds is 7. The van der Waals surface area contributed by atoms with Crippen molar-refractivity contribution >= 4 is 22.8 Å². The molecule has 0 atom stereocenters. The van der Waals surface area contributed by atoms with Crippen molar-refractivity contribution in [2.75, 3.05) is 14.2 Å². The molecule has 8 nitrogen and oxygen atoms in total. The van der Waals surface area contributed by atoms with Crippen molar-refractivity contribution in [2.24, 2.45) is 0 Å². The number of carbonyl (C=O) groups is 2. The molecule has 5 aromatic rings. The first kappa shape index (κ1) is 28.2. The number of methoxy groups -OCH3 is 1. The molecule has 1 aliphatic carbocycles. The first-order chi connectivity index (χ1) is 20.7. The third kappa shape index (κ3) is 4.95. The highest BCUT2D eigenvalue weighted by atomic mass is 19.1. The summed E-state index contributed by atoms with van der Waals surface area (Å²) in [6.45, 7) is 3.81. The van der Waals surface area contributed by atoms with E-state index in [2.05, 4.69) is 20.6 Å². The topological polar surface area (TPSA) is 106 Å². The Bertz CT molecular complexity index is 1840. The molecule has 2 heterocycles. The maximum atomic E-state index is 16.5. The minimum atomic E-state index is -0.764. The molecule has 0 aliphatic heterocycles. The molecule has 3 aromatic carbocycles. The number of furan rings is 1. The van der Waals surface area contributed by atoms with Crippen molar-refractivity contribution in [1.29, 1.82) is 0 Å². The van der Waals surface area contributed by atoms with E-state index in [0.29, 0.717) is 41.1 Å². The summed E-state index contributed by atoms with van der Waals surface area (Å²) < 4.78 is 28.0. The lowest BCUT2D eigenvalue weighted by molar-refractivity contribution is -0.0336. The van der Waals surface area contributed by atoms with Gasteiger partial charge in [0, 0.05) is 56.1 Å². The molecule has 0 spiro atoms. The van der Waals surface area contributed by atoms with Crippen molar-refractivity contribution in [3.63, 3.8) is 0 Å². The van der Waals surface area contributed by atoms with Gasteiger partial charge in [-0.2, -0.15) is 0 Å². The van der Waals surface area contributed by atoms with Gasteiger partial charge in [0.1, 0.15) is 22.7 Å². The highest BCUT2D eigenvalue weighted by Gasteiger charge is 2.49. The molecular formula is C34H31FN4O4. The number of nitrogens with one attached hydrogen (secondary N) is 2. The number of amides is 2. The number of aryl methyl sites for hydroxylation is 2. The Morgan fingerprint density at radius 1 is 0.977 bits per heavy atom. The van der Waals surface area contributed by atoms with Crippen LogP contribution < -0.4 is 10.6 Å². The van der Waals surface area contributed by atoms with E-state index >= 15 is 4.39 Å². The van der Waals surface area contributed by atoms with E-state index in [1.807, 2.05) is 38.1 Å². The highest BCUT2D eigenvalue weighted by molar-refractivity contribution is 6.12. The Morgan fingerprint density at radius 2 is 1.70 bits per heavy atom. The van der Waals surface area contributed by atoms with Gasteiger partial charge < -0.3 is 19.8 Å². The van der Waals surface area contributed by atoms with Gasteiger partial charge in [-0.05, 0) is 55.3 Å². The molecule has 1 saturated carbocycles. The number of carbonyl (C=O) groups excluding carboxylic acids is 2. The predicted octanol–water partition coefficient (Wildman–Crippen LogP) is 6.11. The molecular weight excluding hydrogens is 547 g/mol. The van der Waals surface area contributed by atoms with Gasteiger partial charge in [-0.3, -0.25) is 9.59 Å². The van der Waals surface area contributed by atoms with Crippen LogP contribution in [0.5, 0.6) is 0 Å². The number of halogens is 1. The largest absolute Gasteiger partial charge is 0.455 e. The first-order valence-corrected chi connectivity index (χ1v) is 14.0. The van der Waals surface area contributed by atoms with Crippen molar-refractivity contribution in [3.05, 3.63) is 107 Å². The summed E-state index contributed by atoms with van der Waals surface area (Å²) in [6.07, 6.45) is 4.34. The maximum absolute atomic E-state index is 16.5. The molecule has 2 aromatic heterocycles. The van der Waals surface area contributed by atoms with Gasteiger partial charge in [0.25, 0.3) is 11.8 Å². The number of benzene rings is 3. The average Bonchev–Trinajstić information content (AvgIpc) is 3.40. The van der Waals surface area contributed by atoms with Gasteiger partial charge >= 0.3 is 0 Å². The Morgan fingerprint density at radius 3 is 2.37 bits per heavy atom. The van der Waals surface area contributed by atoms with Crippen LogP contribution in [0.3, 0.4) is 0 Å². The fourth-order valence-corrected chi connectivity index (χ4v) is 5.72. The van der Waals surface area contributed by atoms with Crippen LogP contribution in [0.15, 0.2) is 77.5 Å². The summed E-state index contributed by atoms with van der Waals surface area (Å²) in [4.78, 5) is 35.5. The van der Waals surface area contributed by atoms with Crippen LogP contribution in [-0.2, 0) is 10.3 Å². The minimum Gasteiger partial charge on any atom is -0.455 e. The Hall–Kier alpha value is -4.89. The van der Waals surface area contributed by atoms with Crippen molar-refractivity contribution in [2.45, 2.75) is 38.3 Å². The summed E-state index contributed by atoms with van der Waals surface area (Å²) in [7, 11) is 3.14. The molecule has 218 valence electrons. The quantitative estimate of drug-likeness (QED) is 0.242. The van der Waals surface area contributed by atoms with Crippen LogP contribution in [0.1, 0.15) is 50.5 Å². The van der Waals surface area contributed by atoms with Crippen LogP contribution in [0.25, 0.3) is 33.4 Å². The number of hydrogen-bond acceptors (Lipinski definition) is 6. The van der Waals surface area contributed by atoms with E-state index in [9.17, 15) is 9.59 Å². The summed E-state index contributed by atoms with van der Waals surface area (Å²) in [6, 6.07) is 17.7. The monoisotopic (exact) mass is 578 g/mol. The number of aromatic nitrogens is 2. The van der Waals surface area contributed by atoms with Gasteiger partial charge in [-0.15, -0.1) is 0 Å². The van der Waals surface area contributed by atoms with Crippen molar-refractivity contribution in [3.8, 4) is 22.5 Å². The molecule has 2 N–H and O–H groups in total. The number of fused-ring (bicyclic) bond motifs is 1. The van der Waals surface area contributed by atoms with E-state index < -0.39 is 17.3 Å². The van der Waals surface area contributed by atoms with Gasteiger partial charge in [-0.1, -0.05) is 35.9 Å². The molecule has 0 saturated heterocycles. The first-order valence-electron chi connectivity index (χ1n) is 14.0. The van der Waals surface area contributed by atoms with Crippen LogP contribution in [0.2, 0.25) is 0 Å². The lowest BCUT2D eigenvalue weighted by Crippen LogP contribution is -2.58. The average molecular weight is 579 g/mol. The number of hydrogen-bond donors (Lipinski definition) is 2. The van der Waals surface area contributed by atoms with E-state index in [1.165, 1.54) is 7.05 Å². The van der Waals surface area contributed by atoms with Crippen molar-refractivity contribution < 1.29 is 23.1 Å². The molecule has 9 heteroatoms. The second-order valence-electron chi connectivity index (χ2n) is 11.0.